The molecule has 0 saturated heterocycles. The van der Waals surface area contributed by atoms with Crippen molar-refractivity contribution in [3.05, 3.63) is 72.3 Å². The number of amides is 1. The van der Waals surface area contributed by atoms with Crippen molar-refractivity contribution < 1.29 is 14.3 Å². The first-order chi connectivity index (χ1) is 13.4. The first kappa shape index (κ1) is 18.4. The highest BCUT2D eigenvalue weighted by Crippen LogP contribution is 2.39. The Morgan fingerprint density at radius 1 is 1.07 bits per heavy atom. The highest BCUT2D eigenvalue weighted by molar-refractivity contribution is 5.89. The Morgan fingerprint density at radius 3 is 2.64 bits per heavy atom. The second-order valence-corrected chi connectivity index (χ2v) is 7.90. The van der Waals surface area contributed by atoms with Gasteiger partial charge in [0.1, 0.15) is 17.1 Å². The van der Waals surface area contributed by atoms with Crippen LogP contribution in [0.3, 0.4) is 0 Å². The second-order valence-electron chi connectivity index (χ2n) is 7.90. The van der Waals surface area contributed by atoms with Gasteiger partial charge in [-0.3, -0.25) is 4.79 Å². The van der Waals surface area contributed by atoms with E-state index in [0.717, 1.165) is 22.1 Å². The van der Waals surface area contributed by atoms with Crippen LogP contribution in [0.5, 0.6) is 11.5 Å². The van der Waals surface area contributed by atoms with E-state index >= 15 is 0 Å². The molecular weight excluding hydrogens is 350 g/mol. The van der Waals surface area contributed by atoms with E-state index in [9.17, 15) is 4.79 Å². The maximum absolute atomic E-state index is 12.9. The molecule has 0 unspecified atom stereocenters. The molecular formula is C24H25NO3. The highest BCUT2D eigenvalue weighted by Gasteiger charge is 2.35. The average Bonchev–Trinajstić information content (AvgIpc) is 2.67. The van der Waals surface area contributed by atoms with Gasteiger partial charge in [-0.25, -0.2) is 0 Å². The second kappa shape index (κ2) is 7.19. The van der Waals surface area contributed by atoms with Crippen LogP contribution in [0.15, 0.2) is 66.7 Å². The van der Waals surface area contributed by atoms with Crippen molar-refractivity contribution in [1.82, 2.24) is 5.32 Å². The smallest absolute Gasteiger partial charge is 0.261 e. The van der Waals surface area contributed by atoms with Crippen molar-refractivity contribution in [2.75, 3.05) is 0 Å². The Bertz CT molecular complexity index is 1010. The molecule has 3 aromatic carbocycles. The number of para-hydroxylation sites is 1. The number of hydrogen-bond donors (Lipinski definition) is 1. The molecule has 0 aromatic heterocycles. The van der Waals surface area contributed by atoms with E-state index in [2.05, 4.69) is 5.32 Å². The van der Waals surface area contributed by atoms with E-state index in [0.29, 0.717) is 12.2 Å². The molecule has 0 saturated carbocycles. The topological polar surface area (TPSA) is 47.6 Å². The summed E-state index contributed by atoms with van der Waals surface area (Å²) in [7, 11) is 0. The SMILES string of the molecule is C[C@H](Oc1cccc2ccccc12)C(=O)N[C@@H]1CC(C)(C)Oc2ccccc21. The average molecular weight is 375 g/mol. The summed E-state index contributed by atoms with van der Waals surface area (Å²) in [5.41, 5.74) is 0.666. The van der Waals surface area contributed by atoms with Gasteiger partial charge in [0.25, 0.3) is 5.91 Å². The van der Waals surface area contributed by atoms with Gasteiger partial charge in [-0.1, -0.05) is 54.6 Å². The molecule has 0 spiro atoms. The molecule has 1 aliphatic heterocycles. The largest absolute Gasteiger partial charge is 0.487 e. The Labute approximate surface area is 165 Å². The molecule has 1 N–H and O–H groups in total. The van der Waals surface area contributed by atoms with Gasteiger partial charge in [0, 0.05) is 17.4 Å². The molecule has 3 aromatic rings. The quantitative estimate of drug-likeness (QED) is 0.696. The lowest BCUT2D eigenvalue weighted by molar-refractivity contribution is -0.128. The minimum Gasteiger partial charge on any atom is -0.487 e. The van der Waals surface area contributed by atoms with E-state index in [1.54, 1.807) is 6.92 Å². The minimum atomic E-state index is -0.607. The van der Waals surface area contributed by atoms with Crippen LogP contribution in [0.1, 0.15) is 38.8 Å². The fourth-order valence-electron chi connectivity index (χ4n) is 3.76. The number of hydrogen-bond acceptors (Lipinski definition) is 3. The number of benzene rings is 3. The van der Waals surface area contributed by atoms with Gasteiger partial charge in [0.2, 0.25) is 0 Å². The molecule has 2 atom stereocenters. The van der Waals surface area contributed by atoms with Gasteiger partial charge in [-0.05, 0) is 38.3 Å². The summed E-state index contributed by atoms with van der Waals surface area (Å²) in [5, 5.41) is 5.25. The van der Waals surface area contributed by atoms with Crippen LogP contribution in [0, 0.1) is 0 Å². The molecule has 4 heteroatoms. The molecule has 4 nitrogen and oxygen atoms in total. The molecule has 1 heterocycles. The molecule has 1 amide bonds. The van der Waals surface area contributed by atoms with Crippen LogP contribution in [-0.4, -0.2) is 17.6 Å². The van der Waals surface area contributed by atoms with E-state index in [1.165, 1.54) is 0 Å². The zero-order valence-electron chi connectivity index (χ0n) is 16.4. The first-order valence-electron chi connectivity index (χ1n) is 9.66. The maximum Gasteiger partial charge on any atom is 0.261 e. The number of ether oxygens (including phenoxy) is 2. The van der Waals surface area contributed by atoms with Crippen molar-refractivity contribution in [2.24, 2.45) is 0 Å². The molecule has 144 valence electrons. The Kier molecular flexibility index (Phi) is 4.71. The van der Waals surface area contributed by atoms with Crippen LogP contribution >= 0.6 is 0 Å². The van der Waals surface area contributed by atoms with Crippen molar-refractivity contribution >= 4 is 16.7 Å². The van der Waals surface area contributed by atoms with Gasteiger partial charge in [-0.15, -0.1) is 0 Å². The fourth-order valence-corrected chi connectivity index (χ4v) is 3.76. The molecule has 0 fully saturated rings. The van der Waals surface area contributed by atoms with Crippen LogP contribution in [0.4, 0.5) is 0 Å². The zero-order valence-corrected chi connectivity index (χ0v) is 16.4. The van der Waals surface area contributed by atoms with E-state index < -0.39 is 6.10 Å². The van der Waals surface area contributed by atoms with Crippen LogP contribution in [-0.2, 0) is 4.79 Å². The summed E-state index contributed by atoms with van der Waals surface area (Å²) in [6, 6.07) is 21.7. The third kappa shape index (κ3) is 3.68. The number of carbonyl (C=O) groups excluding carboxylic acids is 1. The van der Waals surface area contributed by atoms with E-state index in [1.807, 2.05) is 80.6 Å². The van der Waals surface area contributed by atoms with Gasteiger partial charge in [-0.2, -0.15) is 0 Å². The summed E-state index contributed by atoms with van der Waals surface area (Å²) < 4.78 is 12.1. The third-order valence-electron chi connectivity index (χ3n) is 5.12. The number of carbonyl (C=O) groups is 1. The molecule has 0 radical (unpaired) electrons. The summed E-state index contributed by atoms with van der Waals surface area (Å²) in [6.45, 7) is 5.86. The standard InChI is InChI=1S/C24H25NO3/c1-16(27-21-14-8-10-17-9-4-5-11-18(17)21)23(26)25-20-15-24(2,3)28-22-13-7-6-12-19(20)22/h4-14,16,20H,15H2,1-3H3,(H,25,26)/t16-,20+/m0/s1. The lowest BCUT2D eigenvalue weighted by Crippen LogP contribution is -2.44. The fraction of sp³-hybridized carbons (Fsp3) is 0.292. The van der Waals surface area contributed by atoms with Crippen molar-refractivity contribution in [1.29, 1.82) is 0 Å². The van der Waals surface area contributed by atoms with Gasteiger partial charge >= 0.3 is 0 Å². The predicted octanol–water partition coefficient (Wildman–Crippen LogP) is 5.03. The lowest BCUT2D eigenvalue weighted by Gasteiger charge is -2.38. The van der Waals surface area contributed by atoms with Crippen LogP contribution in [0.2, 0.25) is 0 Å². The van der Waals surface area contributed by atoms with Crippen molar-refractivity contribution in [3.8, 4) is 11.5 Å². The monoisotopic (exact) mass is 375 g/mol. The number of fused-ring (bicyclic) bond motifs is 2. The summed E-state index contributed by atoms with van der Waals surface area (Å²) in [6.07, 6.45) is 0.0976. The highest BCUT2D eigenvalue weighted by atomic mass is 16.5. The summed E-state index contributed by atoms with van der Waals surface area (Å²) in [4.78, 5) is 12.9. The molecule has 0 bridgehead atoms. The number of rotatable bonds is 4. The van der Waals surface area contributed by atoms with E-state index in [4.69, 9.17) is 9.47 Å². The number of nitrogens with one attached hydrogen (secondary N) is 1. The third-order valence-corrected chi connectivity index (χ3v) is 5.12. The van der Waals surface area contributed by atoms with Gasteiger partial charge < -0.3 is 14.8 Å². The molecule has 4 rings (SSSR count). The zero-order chi connectivity index (χ0) is 19.7. The first-order valence-corrected chi connectivity index (χ1v) is 9.66. The Balaban J connectivity index is 1.52. The van der Waals surface area contributed by atoms with Crippen LogP contribution in [0.25, 0.3) is 10.8 Å². The predicted molar refractivity (Wildman–Crippen MR) is 111 cm³/mol. The van der Waals surface area contributed by atoms with Gasteiger partial charge in [0.05, 0.1) is 6.04 Å². The van der Waals surface area contributed by atoms with Crippen molar-refractivity contribution in [2.45, 2.75) is 44.9 Å². The Morgan fingerprint density at radius 2 is 1.79 bits per heavy atom. The summed E-state index contributed by atoms with van der Waals surface area (Å²) >= 11 is 0. The van der Waals surface area contributed by atoms with Gasteiger partial charge in [0.15, 0.2) is 6.10 Å². The summed E-state index contributed by atoms with van der Waals surface area (Å²) in [5.74, 6) is 1.41. The Hall–Kier alpha value is -3.01. The molecule has 28 heavy (non-hydrogen) atoms. The van der Waals surface area contributed by atoms with E-state index in [-0.39, 0.29) is 17.6 Å². The minimum absolute atomic E-state index is 0.106. The lowest BCUT2D eigenvalue weighted by atomic mass is 9.89. The van der Waals surface area contributed by atoms with Crippen LogP contribution < -0.4 is 14.8 Å². The normalized spacial score (nSPS) is 18.6. The molecule has 1 aliphatic rings. The molecule has 0 aliphatic carbocycles. The maximum atomic E-state index is 12.9. The van der Waals surface area contributed by atoms with Crippen molar-refractivity contribution in [3.63, 3.8) is 0 Å².